The molecule has 0 heterocycles. The van der Waals surface area contributed by atoms with Crippen molar-refractivity contribution in [3.63, 3.8) is 0 Å². The van der Waals surface area contributed by atoms with Crippen LogP contribution in [-0.4, -0.2) is 12.6 Å². The summed E-state index contributed by atoms with van der Waals surface area (Å²) in [6.07, 6.45) is 2.93. The molecule has 0 bridgehead atoms. The van der Waals surface area contributed by atoms with Gasteiger partial charge in [0.2, 0.25) is 0 Å². The van der Waals surface area contributed by atoms with Gasteiger partial charge in [0.05, 0.1) is 0 Å². The minimum atomic E-state index is -0.502. The molecule has 1 saturated carbocycles. The molecule has 2 aromatic rings. The van der Waals surface area contributed by atoms with Crippen molar-refractivity contribution in [2.75, 3.05) is 6.54 Å². The molecule has 1 N–H and O–H groups in total. The Morgan fingerprint density at radius 3 is 2.29 bits per heavy atom. The molecular weight excluding hydrogens is 268 g/mol. The van der Waals surface area contributed by atoms with Crippen molar-refractivity contribution in [3.8, 4) is 0 Å². The van der Waals surface area contributed by atoms with Crippen LogP contribution < -0.4 is 5.32 Å². The van der Waals surface area contributed by atoms with Crippen molar-refractivity contribution in [2.45, 2.75) is 31.2 Å². The summed E-state index contributed by atoms with van der Waals surface area (Å²) >= 11 is 0. The Hall–Kier alpha value is -1.74. The lowest BCUT2D eigenvalue weighted by Crippen LogP contribution is -2.40. The van der Waals surface area contributed by atoms with Gasteiger partial charge in [0.15, 0.2) is 0 Å². The first-order valence-electron chi connectivity index (χ1n) is 7.44. The topological polar surface area (TPSA) is 12.0 Å². The summed E-state index contributed by atoms with van der Waals surface area (Å²) in [6, 6.07) is 14.8. The monoisotopic (exact) mass is 287 g/mol. The zero-order valence-electron chi connectivity index (χ0n) is 11.9. The average Bonchev–Trinajstić information content (AvgIpc) is 2.41. The predicted octanol–water partition coefficient (Wildman–Crippen LogP) is 4.04. The van der Waals surface area contributed by atoms with Gasteiger partial charge in [-0.05, 0) is 55.0 Å². The third-order valence-corrected chi connectivity index (χ3v) is 4.18. The second-order valence-corrected chi connectivity index (χ2v) is 5.76. The lowest BCUT2D eigenvalue weighted by Gasteiger charge is -2.36. The molecule has 0 saturated heterocycles. The van der Waals surface area contributed by atoms with Gasteiger partial charge in [0, 0.05) is 12.1 Å². The van der Waals surface area contributed by atoms with Crippen LogP contribution in [0.5, 0.6) is 0 Å². The van der Waals surface area contributed by atoms with Crippen molar-refractivity contribution in [1.29, 1.82) is 0 Å². The lowest BCUT2D eigenvalue weighted by atomic mass is 9.76. The smallest absolute Gasteiger partial charge is 0.126 e. The highest BCUT2D eigenvalue weighted by Crippen LogP contribution is 2.36. The van der Waals surface area contributed by atoms with Gasteiger partial charge >= 0.3 is 0 Å². The van der Waals surface area contributed by atoms with Crippen LogP contribution in [-0.2, 0) is 6.42 Å². The molecule has 110 valence electrons. The molecule has 3 rings (SSSR count). The van der Waals surface area contributed by atoms with Crippen molar-refractivity contribution in [1.82, 2.24) is 5.32 Å². The van der Waals surface area contributed by atoms with E-state index in [-0.39, 0.29) is 0 Å². The molecule has 0 amide bonds. The molecule has 1 aliphatic carbocycles. The van der Waals surface area contributed by atoms with Gasteiger partial charge in [-0.1, -0.05) is 30.3 Å². The first kappa shape index (κ1) is 14.2. The molecule has 1 nitrogen and oxygen atoms in total. The van der Waals surface area contributed by atoms with E-state index in [9.17, 15) is 8.78 Å². The number of nitrogens with one attached hydrogen (secondary N) is 1. The molecule has 0 aromatic heterocycles. The van der Waals surface area contributed by atoms with Gasteiger partial charge in [0.1, 0.15) is 11.6 Å². The molecule has 0 aliphatic heterocycles. The standard InChI is InChI=1S/C18H19F2N/c19-16-8-13(9-17(20)12-16)6-7-21-18-10-15(11-18)14-4-2-1-3-5-14/h1-5,8-9,12,15,18,21H,6-7,10-11H2. The quantitative estimate of drug-likeness (QED) is 0.875. The van der Waals surface area contributed by atoms with Gasteiger partial charge in [-0.15, -0.1) is 0 Å². The third kappa shape index (κ3) is 3.67. The van der Waals surface area contributed by atoms with E-state index >= 15 is 0 Å². The zero-order chi connectivity index (χ0) is 14.7. The Morgan fingerprint density at radius 1 is 0.952 bits per heavy atom. The van der Waals surface area contributed by atoms with E-state index < -0.39 is 11.6 Å². The van der Waals surface area contributed by atoms with Gasteiger partial charge in [-0.2, -0.15) is 0 Å². The van der Waals surface area contributed by atoms with Crippen molar-refractivity contribution in [3.05, 3.63) is 71.3 Å². The van der Waals surface area contributed by atoms with Crippen LogP contribution in [0, 0.1) is 11.6 Å². The number of hydrogen-bond donors (Lipinski definition) is 1. The summed E-state index contributed by atoms with van der Waals surface area (Å²) in [7, 11) is 0. The highest BCUT2D eigenvalue weighted by atomic mass is 19.1. The summed E-state index contributed by atoms with van der Waals surface area (Å²) in [5.41, 5.74) is 2.11. The molecule has 21 heavy (non-hydrogen) atoms. The number of benzene rings is 2. The highest BCUT2D eigenvalue weighted by molar-refractivity contribution is 5.23. The maximum absolute atomic E-state index is 13.1. The highest BCUT2D eigenvalue weighted by Gasteiger charge is 2.29. The molecule has 2 aromatic carbocycles. The summed E-state index contributed by atoms with van der Waals surface area (Å²) in [5, 5.41) is 3.46. The summed E-state index contributed by atoms with van der Waals surface area (Å²) < 4.78 is 26.1. The normalized spacial score (nSPS) is 21.0. The Labute approximate surface area is 124 Å². The number of hydrogen-bond acceptors (Lipinski definition) is 1. The van der Waals surface area contributed by atoms with E-state index in [0.717, 1.165) is 25.5 Å². The van der Waals surface area contributed by atoms with E-state index in [1.165, 1.54) is 17.7 Å². The molecular formula is C18H19F2N. The summed E-state index contributed by atoms with van der Waals surface area (Å²) in [6.45, 7) is 0.759. The Morgan fingerprint density at radius 2 is 1.62 bits per heavy atom. The van der Waals surface area contributed by atoms with Crippen LogP contribution >= 0.6 is 0 Å². The van der Waals surface area contributed by atoms with E-state index in [1.54, 1.807) is 0 Å². The molecule has 0 atom stereocenters. The Bertz CT molecular complexity index is 571. The minimum Gasteiger partial charge on any atom is -0.314 e. The second kappa shape index (κ2) is 6.35. The van der Waals surface area contributed by atoms with Crippen LogP contribution in [0.15, 0.2) is 48.5 Å². The lowest BCUT2D eigenvalue weighted by molar-refractivity contribution is 0.293. The van der Waals surface area contributed by atoms with Crippen LogP contribution in [0.1, 0.15) is 29.9 Å². The first-order chi connectivity index (χ1) is 10.2. The van der Waals surface area contributed by atoms with Crippen LogP contribution in [0.4, 0.5) is 8.78 Å². The number of rotatable bonds is 5. The maximum Gasteiger partial charge on any atom is 0.126 e. The van der Waals surface area contributed by atoms with E-state index in [4.69, 9.17) is 0 Å². The predicted molar refractivity (Wildman–Crippen MR) is 80.3 cm³/mol. The fourth-order valence-corrected chi connectivity index (χ4v) is 2.96. The van der Waals surface area contributed by atoms with Crippen molar-refractivity contribution >= 4 is 0 Å². The SMILES string of the molecule is Fc1cc(F)cc(CCNC2CC(c3ccccc3)C2)c1. The number of halogens is 2. The summed E-state index contributed by atoms with van der Waals surface area (Å²) in [5.74, 6) is -0.356. The molecule has 1 aliphatic rings. The van der Waals surface area contributed by atoms with Crippen LogP contribution in [0.2, 0.25) is 0 Å². The fraction of sp³-hybridized carbons (Fsp3) is 0.333. The van der Waals surface area contributed by atoms with E-state index in [2.05, 4.69) is 29.6 Å². The minimum absolute atomic E-state index is 0.502. The van der Waals surface area contributed by atoms with E-state index in [1.807, 2.05) is 6.07 Å². The van der Waals surface area contributed by atoms with Crippen molar-refractivity contribution in [2.24, 2.45) is 0 Å². The first-order valence-corrected chi connectivity index (χ1v) is 7.44. The Balaban J connectivity index is 1.42. The molecule has 3 heteroatoms. The fourth-order valence-electron chi connectivity index (χ4n) is 2.96. The zero-order valence-corrected chi connectivity index (χ0v) is 11.9. The van der Waals surface area contributed by atoms with Gasteiger partial charge in [-0.3, -0.25) is 0 Å². The molecule has 1 fully saturated rings. The Kier molecular flexibility index (Phi) is 4.30. The second-order valence-electron chi connectivity index (χ2n) is 5.76. The maximum atomic E-state index is 13.1. The van der Waals surface area contributed by atoms with Gasteiger partial charge < -0.3 is 5.32 Å². The van der Waals surface area contributed by atoms with Crippen LogP contribution in [0.25, 0.3) is 0 Å². The average molecular weight is 287 g/mol. The third-order valence-electron chi connectivity index (χ3n) is 4.18. The molecule has 0 spiro atoms. The summed E-state index contributed by atoms with van der Waals surface area (Å²) in [4.78, 5) is 0. The molecule has 0 unspecified atom stereocenters. The largest absolute Gasteiger partial charge is 0.314 e. The van der Waals surface area contributed by atoms with Gasteiger partial charge in [-0.25, -0.2) is 8.78 Å². The van der Waals surface area contributed by atoms with E-state index in [0.29, 0.717) is 23.9 Å². The van der Waals surface area contributed by atoms with Gasteiger partial charge in [0.25, 0.3) is 0 Å². The van der Waals surface area contributed by atoms with Crippen LogP contribution in [0.3, 0.4) is 0 Å². The van der Waals surface area contributed by atoms with Crippen molar-refractivity contribution < 1.29 is 8.78 Å². The molecule has 0 radical (unpaired) electrons.